The van der Waals surface area contributed by atoms with E-state index >= 15 is 0 Å². The Morgan fingerprint density at radius 3 is 2.62 bits per heavy atom. The van der Waals surface area contributed by atoms with Gasteiger partial charge in [0.2, 0.25) is 5.96 Å². The van der Waals surface area contributed by atoms with E-state index in [-0.39, 0.29) is 0 Å². The maximum Gasteiger partial charge on any atom is 0.204 e. The van der Waals surface area contributed by atoms with E-state index in [0.717, 1.165) is 12.2 Å². The van der Waals surface area contributed by atoms with Crippen LogP contribution in [0.25, 0.3) is 0 Å². The first-order valence-corrected chi connectivity index (χ1v) is 6.83. The van der Waals surface area contributed by atoms with Crippen molar-refractivity contribution in [2.45, 2.75) is 13.3 Å². The molecule has 6 nitrogen and oxygen atoms in total. The molecule has 1 rings (SSSR count). The van der Waals surface area contributed by atoms with E-state index in [1.807, 2.05) is 51.5 Å². The van der Waals surface area contributed by atoms with Gasteiger partial charge in [-0.3, -0.25) is 10.3 Å². The van der Waals surface area contributed by atoms with Gasteiger partial charge in [-0.05, 0) is 38.7 Å². The normalized spacial score (nSPS) is 9.95. The van der Waals surface area contributed by atoms with E-state index in [4.69, 9.17) is 10.00 Å². The number of nitrogens with zero attached hydrogens (tertiary/aromatic N) is 2. The van der Waals surface area contributed by atoms with E-state index < -0.39 is 0 Å². The van der Waals surface area contributed by atoms with Crippen LogP contribution < -0.4 is 20.7 Å². The molecule has 0 aromatic heterocycles. The number of nitriles is 1. The summed E-state index contributed by atoms with van der Waals surface area (Å²) in [5, 5.41) is 16.4. The van der Waals surface area contributed by atoms with Crippen molar-refractivity contribution in [2.24, 2.45) is 4.99 Å². The topological polar surface area (TPSA) is 81.5 Å². The SMILES string of the molecule is CNC.CNC(=NCCCOc1cccc(C)c1)NC#N. The molecule has 1 aromatic rings. The van der Waals surface area contributed by atoms with E-state index in [1.54, 1.807) is 7.05 Å². The molecule has 0 bridgehead atoms. The smallest absolute Gasteiger partial charge is 0.204 e. The predicted molar refractivity (Wildman–Crippen MR) is 86.4 cm³/mol. The molecule has 0 unspecified atom stereocenters. The number of hydrogen-bond acceptors (Lipinski definition) is 4. The number of benzene rings is 1. The lowest BCUT2D eigenvalue weighted by Crippen LogP contribution is -2.31. The fraction of sp³-hybridized carbons (Fsp3) is 0.467. The molecule has 0 saturated carbocycles. The van der Waals surface area contributed by atoms with Crippen molar-refractivity contribution >= 4 is 5.96 Å². The van der Waals surface area contributed by atoms with Gasteiger partial charge in [-0.1, -0.05) is 12.1 Å². The Kier molecular flexibility index (Phi) is 11.4. The third kappa shape index (κ3) is 10.2. The molecule has 0 aliphatic rings. The molecular weight excluding hydrogens is 266 g/mol. The second-order valence-corrected chi connectivity index (χ2v) is 4.24. The van der Waals surface area contributed by atoms with Crippen molar-refractivity contribution < 1.29 is 4.74 Å². The highest BCUT2D eigenvalue weighted by Gasteiger charge is 1.95. The fourth-order valence-corrected chi connectivity index (χ4v) is 1.38. The minimum absolute atomic E-state index is 0.480. The minimum Gasteiger partial charge on any atom is -0.494 e. The van der Waals surface area contributed by atoms with E-state index in [1.165, 1.54) is 5.56 Å². The summed E-state index contributed by atoms with van der Waals surface area (Å²) in [6, 6.07) is 7.94. The number of guanidine groups is 1. The van der Waals surface area contributed by atoms with Crippen LogP contribution in [-0.2, 0) is 0 Å². The lowest BCUT2D eigenvalue weighted by atomic mass is 10.2. The molecule has 0 heterocycles. The largest absolute Gasteiger partial charge is 0.494 e. The highest BCUT2D eigenvalue weighted by Crippen LogP contribution is 2.12. The maximum atomic E-state index is 8.44. The average molecular weight is 291 g/mol. The molecule has 6 heteroatoms. The molecule has 0 saturated heterocycles. The Balaban J connectivity index is 0.00000122. The number of ether oxygens (including phenoxy) is 1. The highest BCUT2D eigenvalue weighted by atomic mass is 16.5. The van der Waals surface area contributed by atoms with Gasteiger partial charge in [-0.15, -0.1) is 0 Å². The molecule has 21 heavy (non-hydrogen) atoms. The number of nitrogens with one attached hydrogen (secondary N) is 3. The molecule has 0 radical (unpaired) electrons. The van der Waals surface area contributed by atoms with E-state index in [2.05, 4.69) is 20.9 Å². The highest BCUT2D eigenvalue weighted by molar-refractivity contribution is 5.80. The van der Waals surface area contributed by atoms with Crippen molar-refractivity contribution in [3.8, 4) is 11.9 Å². The molecule has 0 aliphatic carbocycles. The summed E-state index contributed by atoms with van der Waals surface area (Å²) in [6.07, 6.45) is 2.62. The Hall–Kier alpha value is -2.26. The third-order valence-electron chi connectivity index (χ3n) is 2.24. The van der Waals surface area contributed by atoms with Crippen LogP contribution in [0.4, 0.5) is 0 Å². The Morgan fingerprint density at radius 1 is 1.33 bits per heavy atom. The number of aryl methyl sites for hydroxylation is 1. The van der Waals surface area contributed by atoms with Gasteiger partial charge >= 0.3 is 0 Å². The van der Waals surface area contributed by atoms with Crippen LogP contribution in [0.5, 0.6) is 5.75 Å². The molecule has 0 aliphatic heterocycles. The van der Waals surface area contributed by atoms with Crippen LogP contribution in [0.2, 0.25) is 0 Å². The summed E-state index contributed by atoms with van der Waals surface area (Å²) in [5.74, 6) is 1.36. The van der Waals surface area contributed by atoms with Gasteiger partial charge in [0.1, 0.15) is 5.75 Å². The van der Waals surface area contributed by atoms with Crippen LogP contribution in [-0.4, -0.2) is 40.3 Å². The lowest BCUT2D eigenvalue weighted by molar-refractivity contribution is 0.313. The van der Waals surface area contributed by atoms with Gasteiger partial charge < -0.3 is 15.4 Å². The van der Waals surface area contributed by atoms with Crippen LogP contribution in [0, 0.1) is 18.4 Å². The molecule has 0 fully saturated rings. The Morgan fingerprint density at radius 2 is 2.05 bits per heavy atom. The first-order valence-electron chi connectivity index (χ1n) is 6.83. The molecular formula is C15H25N5O. The van der Waals surface area contributed by atoms with Crippen molar-refractivity contribution in [2.75, 3.05) is 34.3 Å². The molecule has 0 atom stereocenters. The van der Waals surface area contributed by atoms with Gasteiger partial charge in [0.15, 0.2) is 6.19 Å². The fourth-order valence-electron chi connectivity index (χ4n) is 1.38. The van der Waals surface area contributed by atoms with Crippen LogP contribution in [0.1, 0.15) is 12.0 Å². The van der Waals surface area contributed by atoms with Crippen molar-refractivity contribution in [1.82, 2.24) is 16.0 Å². The zero-order valence-corrected chi connectivity index (χ0v) is 13.2. The molecule has 116 valence electrons. The minimum atomic E-state index is 0.480. The molecule has 0 spiro atoms. The Labute approximate surface area is 127 Å². The maximum absolute atomic E-state index is 8.44. The van der Waals surface area contributed by atoms with Gasteiger partial charge in [0, 0.05) is 20.0 Å². The summed E-state index contributed by atoms with van der Waals surface area (Å²) >= 11 is 0. The average Bonchev–Trinajstić information content (AvgIpc) is 2.46. The second-order valence-electron chi connectivity index (χ2n) is 4.24. The van der Waals surface area contributed by atoms with Gasteiger partial charge in [-0.2, -0.15) is 5.26 Å². The summed E-state index contributed by atoms with van der Waals surface area (Å²) in [7, 11) is 5.46. The molecule has 1 aromatic carbocycles. The van der Waals surface area contributed by atoms with Crippen LogP contribution >= 0.6 is 0 Å². The number of hydrogen-bond donors (Lipinski definition) is 3. The predicted octanol–water partition coefficient (Wildman–Crippen LogP) is 1.25. The van der Waals surface area contributed by atoms with Crippen LogP contribution in [0.15, 0.2) is 29.3 Å². The lowest BCUT2D eigenvalue weighted by Gasteiger charge is -2.06. The quantitative estimate of drug-likeness (QED) is 0.250. The van der Waals surface area contributed by atoms with Gasteiger partial charge in [0.05, 0.1) is 6.61 Å². The van der Waals surface area contributed by atoms with Gasteiger partial charge in [0.25, 0.3) is 0 Å². The van der Waals surface area contributed by atoms with Crippen molar-refractivity contribution in [3.63, 3.8) is 0 Å². The second kappa shape index (κ2) is 12.8. The first-order chi connectivity index (χ1) is 10.2. The van der Waals surface area contributed by atoms with Crippen molar-refractivity contribution in [3.05, 3.63) is 29.8 Å². The Bertz CT molecular complexity index is 454. The number of rotatable bonds is 5. The summed E-state index contributed by atoms with van der Waals surface area (Å²) in [5.41, 5.74) is 1.18. The van der Waals surface area contributed by atoms with Crippen LogP contribution in [0.3, 0.4) is 0 Å². The summed E-state index contributed by atoms with van der Waals surface area (Å²) in [6.45, 7) is 3.25. The summed E-state index contributed by atoms with van der Waals surface area (Å²) < 4.78 is 5.59. The molecule has 0 amide bonds. The number of aliphatic imine (C=N–C) groups is 1. The standard InChI is InChI=1S/C13H18N4O.C2H7N/c1-11-5-3-6-12(9-11)18-8-4-7-16-13(15-2)17-10-14;1-3-2/h3,5-6,9H,4,7-8H2,1-2H3,(H2,15,16,17);3H,1-2H3. The third-order valence-corrected chi connectivity index (χ3v) is 2.24. The molecule has 3 N–H and O–H groups in total. The van der Waals surface area contributed by atoms with E-state index in [9.17, 15) is 0 Å². The summed E-state index contributed by atoms with van der Waals surface area (Å²) in [4.78, 5) is 4.17. The zero-order chi connectivity index (χ0) is 15.9. The zero-order valence-electron chi connectivity index (χ0n) is 13.2. The van der Waals surface area contributed by atoms with Gasteiger partial charge in [-0.25, -0.2) is 0 Å². The van der Waals surface area contributed by atoms with E-state index in [0.29, 0.717) is 19.1 Å². The van der Waals surface area contributed by atoms with Crippen molar-refractivity contribution in [1.29, 1.82) is 5.26 Å². The first kappa shape index (κ1) is 18.7. The monoisotopic (exact) mass is 291 g/mol.